The Kier molecular flexibility index (Phi) is 4.40. The van der Waals surface area contributed by atoms with Crippen molar-refractivity contribution in [3.8, 4) is 0 Å². The topological polar surface area (TPSA) is 50.1 Å². The van der Waals surface area contributed by atoms with Crippen LogP contribution in [0.25, 0.3) is 0 Å². The molecule has 4 heteroatoms. The zero-order chi connectivity index (χ0) is 13.0. The quantitative estimate of drug-likeness (QED) is 0.838. The van der Waals surface area contributed by atoms with Crippen LogP contribution in [-0.2, 0) is 6.54 Å². The van der Waals surface area contributed by atoms with Gasteiger partial charge in [-0.3, -0.25) is 0 Å². The maximum Gasteiger partial charge on any atom is 0.105 e. The van der Waals surface area contributed by atoms with Crippen molar-refractivity contribution >= 4 is 0 Å². The molecule has 1 aliphatic carbocycles. The van der Waals surface area contributed by atoms with Crippen molar-refractivity contribution in [1.82, 2.24) is 14.9 Å². The van der Waals surface area contributed by atoms with Gasteiger partial charge in [0.2, 0.25) is 0 Å². The fraction of sp³-hybridized carbons (Fsp3) is 0.786. The maximum absolute atomic E-state index is 9.69. The third kappa shape index (κ3) is 3.12. The van der Waals surface area contributed by atoms with Crippen LogP contribution in [0.4, 0.5) is 0 Å². The average molecular weight is 251 g/mol. The summed E-state index contributed by atoms with van der Waals surface area (Å²) in [5.74, 6) is 1.76. The van der Waals surface area contributed by atoms with Crippen LogP contribution in [0.3, 0.4) is 0 Å². The second kappa shape index (κ2) is 5.85. The van der Waals surface area contributed by atoms with Crippen molar-refractivity contribution in [2.24, 2.45) is 5.92 Å². The summed E-state index contributed by atoms with van der Waals surface area (Å²) in [5, 5.41) is 13.3. The lowest BCUT2D eigenvalue weighted by Gasteiger charge is -2.39. The Morgan fingerprint density at radius 1 is 1.61 bits per heavy atom. The zero-order valence-electron chi connectivity index (χ0n) is 11.5. The van der Waals surface area contributed by atoms with Crippen molar-refractivity contribution in [1.29, 1.82) is 0 Å². The zero-order valence-corrected chi connectivity index (χ0v) is 11.5. The number of hydrogen-bond donors (Lipinski definition) is 2. The van der Waals surface area contributed by atoms with Gasteiger partial charge in [-0.15, -0.1) is 0 Å². The molecule has 102 valence electrons. The van der Waals surface area contributed by atoms with Crippen molar-refractivity contribution in [2.45, 2.75) is 51.6 Å². The molecule has 0 bridgehead atoms. The van der Waals surface area contributed by atoms with Crippen molar-refractivity contribution in [3.05, 3.63) is 18.2 Å². The molecule has 1 saturated carbocycles. The standard InChI is InChI=1S/C14H25N3O/c1-12-4-3-5-14(10-12,11-18)16-7-9-17-8-6-15-13(17)2/h6,8,12,16,18H,3-5,7,9-11H2,1-2H3. The normalized spacial score (nSPS) is 28.5. The first-order valence-corrected chi connectivity index (χ1v) is 6.99. The van der Waals surface area contributed by atoms with E-state index in [0.29, 0.717) is 5.92 Å². The molecule has 1 aromatic rings. The van der Waals surface area contributed by atoms with Gasteiger partial charge in [-0.05, 0) is 25.7 Å². The molecule has 4 nitrogen and oxygen atoms in total. The summed E-state index contributed by atoms with van der Waals surface area (Å²) in [6, 6.07) is 0. The van der Waals surface area contributed by atoms with Crippen LogP contribution in [0.1, 0.15) is 38.4 Å². The number of aliphatic hydroxyl groups is 1. The molecule has 0 amide bonds. The van der Waals surface area contributed by atoms with Crippen LogP contribution in [0.5, 0.6) is 0 Å². The van der Waals surface area contributed by atoms with Crippen LogP contribution >= 0.6 is 0 Å². The molecule has 1 heterocycles. The Bertz CT molecular complexity index is 377. The van der Waals surface area contributed by atoms with Crippen LogP contribution in [-0.4, -0.2) is 33.3 Å². The molecular formula is C14H25N3O. The lowest BCUT2D eigenvalue weighted by atomic mass is 9.77. The third-order valence-corrected chi connectivity index (χ3v) is 4.17. The summed E-state index contributed by atoms with van der Waals surface area (Å²) in [7, 11) is 0. The maximum atomic E-state index is 9.69. The van der Waals surface area contributed by atoms with Gasteiger partial charge in [0.15, 0.2) is 0 Å². The SMILES string of the molecule is Cc1nccn1CCNC1(CO)CCCC(C)C1. The number of aryl methyl sites for hydroxylation is 1. The van der Waals surface area contributed by atoms with Crippen LogP contribution < -0.4 is 5.32 Å². The molecule has 0 aliphatic heterocycles. The second-order valence-corrected chi connectivity index (χ2v) is 5.73. The number of nitrogens with zero attached hydrogens (tertiary/aromatic N) is 2. The van der Waals surface area contributed by atoms with Gasteiger partial charge in [-0.25, -0.2) is 4.98 Å². The number of aromatic nitrogens is 2. The molecule has 2 atom stereocenters. The van der Waals surface area contributed by atoms with Gasteiger partial charge in [0.1, 0.15) is 5.82 Å². The van der Waals surface area contributed by atoms with E-state index in [1.54, 1.807) is 0 Å². The first-order valence-electron chi connectivity index (χ1n) is 6.99. The first-order chi connectivity index (χ1) is 8.65. The minimum Gasteiger partial charge on any atom is -0.394 e. The Balaban J connectivity index is 1.85. The predicted molar refractivity (Wildman–Crippen MR) is 72.4 cm³/mol. The Morgan fingerprint density at radius 2 is 2.44 bits per heavy atom. The number of nitrogens with one attached hydrogen (secondary N) is 1. The molecule has 1 fully saturated rings. The predicted octanol–water partition coefficient (Wildman–Crippen LogP) is 1.72. The van der Waals surface area contributed by atoms with E-state index < -0.39 is 0 Å². The molecule has 1 aliphatic rings. The second-order valence-electron chi connectivity index (χ2n) is 5.73. The molecule has 0 aromatic carbocycles. The highest BCUT2D eigenvalue weighted by Crippen LogP contribution is 2.31. The van der Waals surface area contributed by atoms with Gasteiger partial charge >= 0.3 is 0 Å². The molecule has 0 radical (unpaired) electrons. The van der Waals surface area contributed by atoms with E-state index in [1.807, 2.05) is 19.3 Å². The molecule has 1 aromatic heterocycles. The lowest BCUT2D eigenvalue weighted by Crippen LogP contribution is -2.52. The van der Waals surface area contributed by atoms with Crippen molar-refractivity contribution < 1.29 is 5.11 Å². The molecule has 0 saturated heterocycles. The smallest absolute Gasteiger partial charge is 0.105 e. The van der Waals surface area contributed by atoms with E-state index in [4.69, 9.17) is 0 Å². The molecular weight excluding hydrogens is 226 g/mol. The van der Waals surface area contributed by atoms with Crippen molar-refractivity contribution in [3.63, 3.8) is 0 Å². The van der Waals surface area contributed by atoms with E-state index >= 15 is 0 Å². The number of imidazole rings is 1. The molecule has 2 unspecified atom stereocenters. The molecule has 2 N–H and O–H groups in total. The minimum atomic E-state index is -0.0495. The molecule has 18 heavy (non-hydrogen) atoms. The number of aliphatic hydroxyl groups excluding tert-OH is 1. The van der Waals surface area contributed by atoms with E-state index in [1.165, 1.54) is 12.8 Å². The fourth-order valence-electron chi connectivity index (χ4n) is 3.10. The molecule has 2 rings (SSSR count). The fourth-order valence-corrected chi connectivity index (χ4v) is 3.10. The van der Waals surface area contributed by atoms with E-state index in [0.717, 1.165) is 31.8 Å². The Hall–Kier alpha value is -0.870. The van der Waals surface area contributed by atoms with E-state index in [-0.39, 0.29) is 12.1 Å². The Morgan fingerprint density at radius 3 is 3.06 bits per heavy atom. The van der Waals surface area contributed by atoms with E-state index in [9.17, 15) is 5.11 Å². The number of rotatable bonds is 5. The summed E-state index contributed by atoms with van der Waals surface area (Å²) in [6.45, 7) is 6.36. The van der Waals surface area contributed by atoms with E-state index in [2.05, 4.69) is 21.8 Å². The monoisotopic (exact) mass is 251 g/mol. The summed E-state index contributed by atoms with van der Waals surface area (Å²) in [6.07, 6.45) is 8.54. The summed E-state index contributed by atoms with van der Waals surface area (Å²) < 4.78 is 2.14. The number of hydrogen-bond acceptors (Lipinski definition) is 3. The summed E-state index contributed by atoms with van der Waals surface area (Å²) >= 11 is 0. The third-order valence-electron chi connectivity index (χ3n) is 4.17. The first kappa shape index (κ1) is 13.6. The average Bonchev–Trinajstić information content (AvgIpc) is 2.75. The highest BCUT2D eigenvalue weighted by molar-refractivity contribution is 4.93. The highest BCUT2D eigenvalue weighted by Gasteiger charge is 2.33. The summed E-state index contributed by atoms with van der Waals surface area (Å²) in [5.41, 5.74) is -0.0495. The highest BCUT2D eigenvalue weighted by atomic mass is 16.3. The molecule has 0 spiro atoms. The van der Waals surface area contributed by atoms with Gasteiger partial charge in [0.25, 0.3) is 0 Å². The lowest BCUT2D eigenvalue weighted by molar-refractivity contribution is 0.0990. The minimum absolute atomic E-state index is 0.0495. The van der Waals surface area contributed by atoms with Gasteiger partial charge < -0.3 is 15.0 Å². The van der Waals surface area contributed by atoms with Crippen LogP contribution in [0, 0.1) is 12.8 Å². The van der Waals surface area contributed by atoms with Gasteiger partial charge in [0.05, 0.1) is 6.61 Å². The van der Waals surface area contributed by atoms with Gasteiger partial charge in [-0.1, -0.05) is 19.8 Å². The Labute approximate surface area is 109 Å². The largest absolute Gasteiger partial charge is 0.394 e. The summed E-state index contributed by atoms with van der Waals surface area (Å²) in [4.78, 5) is 4.22. The van der Waals surface area contributed by atoms with Gasteiger partial charge in [0, 0.05) is 31.0 Å². The van der Waals surface area contributed by atoms with Gasteiger partial charge in [-0.2, -0.15) is 0 Å². The van der Waals surface area contributed by atoms with Crippen molar-refractivity contribution in [2.75, 3.05) is 13.2 Å². The van der Waals surface area contributed by atoms with Crippen LogP contribution in [0.15, 0.2) is 12.4 Å². The van der Waals surface area contributed by atoms with Crippen LogP contribution in [0.2, 0.25) is 0 Å².